The summed E-state index contributed by atoms with van der Waals surface area (Å²) in [7, 11) is 0. The van der Waals surface area contributed by atoms with Crippen LogP contribution in [0.5, 0.6) is 0 Å². The lowest BCUT2D eigenvalue weighted by molar-refractivity contribution is 0.0380. The number of pyridine rings is 1. The van der Waals surface area contributed by atoms with Crippen molar-refractivity contribution in [2.24, 2.45) is 0 Å². The highest BCUT2D eigenvalue weighted by Gasteiger charge is 2.26. The van der Waals surface area contributed by atoms with Gasteiger partial charge in [0, 0.05) is 28.4 Å². The number of carbonyl (C=O) groups is 2. The summed E-state index contributed by atoms with van der Waals surface area (Å²) < 4.78 is 5.45. The van der Waals surface area contributed by atoms with E-state index < -0.39 is 5.97 Å². The molecule has 1 N–H and O–H groups in total. The number of anilines is 1. The Morgan fingerprint density at radius 2 is 1.74 bits per heavy atom. The number of aromatic nitrogens is 1. The summed E-state index contributed by atoms with van der Waals surface area (Å²) >= 11 is 1.37. The molecule has 0 saturated carbocycles. The molecule has 6 heteroatoms. The molecule has 0 aliphatic heterocycles. The van der Waals surface area contributed by atoms with Crippen molar-refractivity contribution in [3.63, 3.8) is 0 Å². The largest absolute Gasteiger partial charge is 0.459 e. The van der Waals surface area contributed by atoms with Crippen molar-refractivity contribution in [2.75, 3.05) is 5.32 Å². The third-order valence-corrected chi connectivity index (χ3v) is 4.88. The zero-order valence-corrected chi connectivity index (χ0v) is 16.2. The molecule has 0 radical (unpaired) electrons. The number of benzene rings is 1. The summed E-state index contributed by atoms with van der Waals surface area (Å²) in [6, 6.07) is 12.9. The second-order valence-electron chi connectivity index (χ2n) is 6.25. The van der Waals surface area contributed by atoms with E-state index in [-0.39, 0.29) is 12.0 Å². The number of hydrogen-bond acceptors (Lipinski definition) is 5. The summed E-state index contributed by atoms with van der Waals surface area (Å²) in [5.41, 5.74) is 2.56. The van der Waals surface area contributed by atoms with Crippen LogP contribution >= 0.6 is 11.3 Å². The minimum absolute atomic E-state index is 0.259. The Balaban J connectivity index is 2.05. The second kappa shape index (κ2) is 8.14. The Morgan fingerprint density at radius 1 is 1.07 bits per heavy atom. The predicted molar refractivity (Wildman–Crippen MR) is 107 cm³/mol. The quantitative estimate of drug-likeness (QED) is 0.637. The Hall–Kier alpha value is -2.99. The Kier molecular flexibility index (Phi) is 5.66. The highest BCUT2D eigenvalue weighted by atomic mass is 32.1. The van der Waals surface area contributed by atoms with E-state index in [1.807, 2.05) is 37.3 Å². The van der Waals surface area contributed by atoms with Gasteiger partial charge >= 0.3 is 5.97 Å². The first-order valence-corrected chi connectivity index (χ1v) is 9.40. The molecule has 1 amide bonds. The van der Waals surface area contributed by atoms with Crippen molar-refractivity contribution < 1.29 is 14.3 Å². The zero-order valence-electron chi connectivity index (χ0n) is 15.4. The zero-order chi connectivity index (χ0) is 19.4. The normalized spacial score (nSPS) is 10.7. The Morgan fingerprint density at radius 3 is 2.37 bits per heavy atom. The van der Waals surface area contributed by atoms with Crippen LogP contribution in [0.15, 0.2) is 54.9 Å². The maximum Gasteiger partial charge on any atom is 0.342 e. The number of rotatable bonds is 5. The summed E-state index contributed by atoms with van der Waals surface area (Å²) in [5.74, 6) is -0.741. The van der Waals surface area contributed by atoms with Crippen LogP contribution in [0.3, 0.4) is 0 Å². The number of nitrogens with zero attached hydrogens (tertiary/aromatic N) is 1. The van der Waals surface area contributed by atoms with Gasteiger partial charge in [0.2, 0.25) is 0 Å². The van der Waals surface area contributed by atoms with Crippen molar-refractivity contribution in [1.29, 1.82) is 0 Å². The fraction of sp³-hybridized carbons (Fsp3) is 0.190. The number of thiophene rings is 1. The lowest BCUT2D eigenvalue weighted by Gasteiger charge is -2.12. The molecule has 0 atom stereocenters. The molecular formula is C21H20N2O3S. The molecule has 0 bridgehead atoms. The predicted octanol–water partition coefficient (Wildman–Crippen LogP) is 4.94. The fourth-order valence-electron chi connectivity index (χ4n) is 2.73. The number of ether oxygens (including phenoxy) is 1. The van der Waals surface area contributed by atoms with Crippen molar-refractivity contribution >= 4 is 28.2 Å². The van der Waals surface area contributed by atoms with Gasteiger partial charge in [-0.3, -0.25) is 9.78 Å². The molecule has 3 aromatic rings. The second-order valence-corrected chi connectivity index (χ2v) is 7.47. The van der Waals surface area contributed by atoms with Gasteiger partial charge in [-0.2, -0.15) is 0 Å². The average Bonchev–Trinajstić information content (AvgIpc) is 2.98. The molecule has 3 rings (SSSR count). The maximum atomic E-state index is 12.8. The lowest BCUT2D eigenvalue weighted by Crippen LogP contribution is -2.16. The van der Waals surface area contributed by atoms with E-state index >= 15 is 0 Å². The molecule has 2 aromatic heterocycles. The van der Waals surface area contributed by atoms with Crippen molar-refractivity contribution in [3.05, 3.63) is 70.9 Å². The SMILES string of the molecule is Cc1sc(NC(=O)c2ccncc2)c(C(=O)OC(C)C)c1-c1ccccc1. The monoisotopic (exact) mass is 380 g/mol. The molecule has 5 nitrogen and oxygen atoms in total. The van der Waals surface area contributed by atoms with Gasteiger partial charge in [-0.1, -0.05) is 30.3 Å². The molecule has 2 heterocycles. The van der Waals surface area contributed by atoms with Crippen molar-refractivity contribution in [3.8, 4) is 11.1 Å². The summed E-state index contributed by atoms with van der Waals surface area (Å²) in [5, 5.41) is 3.35. The smallest absolute Gasteiger partial charge is 0.342 e. The Labute approximate surface area is 162 Å². The molecular weight excluding hydrogens is 360 g/mol. The minimum Gasteiger partial charge on any atom is -0.459 e. The molecule has 1 aromatic carbocycles. The first kappa shape index (κ1) is 18.8. The molecule has 0 unspecified atom stereocenters. The highest BCUT2D eigenvalue weighted by molar-refractivity contribution is 7.17. The molecule has 0 fully saturated rings. The topological polar surface area (TPSA) is 68.3 Å². The third-order valence-electron chi connectivity index (χ3n) is 3.86. The van der Waals surface area contributed by atoms with Gasteiger partial charge in [-0.05, 0) is 38.5 Å². The van der Waals surface area contributed by atoms with E-state index in [2.05, 4.69) is 10.3 Å². The van der Waals surface area contributed by atoms with E-state index in [0.717, 1.165) is 16.0 Å². The van der Waals surface area contributed by atoms with E-state index in [1.165, 1.54) is 11.3 Å². The lowest BCUT2D eigenvalue weighted by atomic mass is 10.0. The Bertz CT molecular complexity index is 950. The van der Waals surface area contributed by atoms with Crippen LogP contribution in [0, 0.1) is 6.92 Å². The van der Waals surface area contributed by atoms with Crippen LogP contribution < -0.4 is 5.32 Å². The van der Waals surface area contributed by atoms with Crippen LogP contribution in [0.2, 0.25) is 0 Å². The van der Waals surface area contributed by atoms with E-state index in [4.69, 9.17) is 4.74 Å². The number of hydrogen-bond donors (Lipinski definition) is 1. The molecule has 0 spiro atoms. The van der Waals surface area contributed by atoms with Crippen molar-refractivity contribution in [2.45, 2.75) is 26.9 Å². The first-order chi connectivity index (χ1) is 13.0. The molecule has 0 aliphatic rings. The van der Waals surface area contributed by atoms with E-state index in [0.29, 0.717) is 16.1 Å². The maximum absolute atomic E-state index is 12.8. The number of nitrogens with one attached hydrogen (secondary N) is 1. The van der Waals surface area contributed by atoms with E-state index in [1.54, 1.807) is 38.4 Å². The van der Waals surface area contributed by atoms with Gasteiger partial charge in [0.1, 0.15) is 10.6 Å². The molecule has 0 saturated heterocycles. The number of aryl methyl sites for hydroxylation is 1. The van der Waals surface area contributed by atoms with Crippen LogP contribution in [0.25, 0.3) is 11.1 Å². The molecule has 27 heavy (non-hydrogen) atoms. The van der Waals surface area contributed by atoms with Gasteiger partial charge in [0.25, 0.3) is 5.91 Å². The fourth-order valence-corrected chi connectivity index (χ4v) is 3.79. The number of amides is 1. The van der Waals surface area contributed by atoms with E-state index in [9.17, 15) is 9.59 Å². The van der Waals surface area contributed by atoms with Gasteiger partial charge in [-0.15, -0.1) is 11.3 Å². The third kappa shape index (κ3) is 4.23. The van der Waals surface area contributed by atoms with Gasteiger partial charge < -0.3 is 10.1 Å². The minimum atomic E-state index is -0.446. The molecule has 138 valence electrons. The van der Waals surface area contributed by atoms with Gasteiger partial charge in [-0.25, -0.2) is 4.79 Å². The summed E-state index contributed by atoms with van der Waals surface area (Å²) in [6.07, 6.45) is 2.85. The van der Waals surface area contributed by atoms with Crippen LogP contribution in [0.1, 0.15) is 39.4 Å². The van der Waals surface area contributed by atoms with Gasteiger partial charge in [0.05, 0.1) is 6.10 Å². The van der Waals surface area contributed by atoms with Crippen molar-refractivity contribution in [1.82, 2.24) is 4.98 Å². The molecule has 0 aliphatic carbocycles. The summed E-state index contributed by atoms with van der Waals surface area (Å²) in [6.45, 7) is 5.53. The summed E-state index contributed by atoms with van der Waals surface area (Å²) in [4.78, 5) is 30.3. The highest BCUT2D eigenvalue weighted by Crippen LogP contribution is 2.40. The average molecular weight is 380 g/mol. The van der Waals surface area contributed by atoms with Crippen LogP contribution in [0.4, 0.5) is 5.00 Å². The standard InChI is InChI=1S/C21H20N2O3S/c1-13(2)26-21(25)18-17(15-7-5-4-6-8-15)14(3)27-20(18)23-19(24)16-9-11-22-12-10-16/h4-13H,1-3H3,(H,23,24). The van der Waals surface area contributed by atoms with Crippen LogP contribution in [-0.2, 0) is 4.74 Å². The number of esters is 1. The van der Waals surface area contributed by atoms with Crippen LogP contribution in [-0.4, -0.2) is 23.0 Å². The first-order valence-electron chi connectivity index (χ1n) is 8.58. The number of carbonyl (C=O) groups excluding carboxylic acids is 2. The van der Waals surface area contributed by atoms with Gasteiger partial charge in [0.15, 0.2) is 0 Å².